The molecule has 0 bridgehead atoms. The summed E-state index contributed by atoms with van der Waals surface area (Å²) in [4.78, 5) is 34.1. The zero-order valence-electron chi connectivity index (χ0n) is 15.9. The lowest BCUT2D eigenvalue weighted by molar-refractivity contribution is 0.218. The average molecular weight is 398 g/mol. The Kier molecular flexibility index (Phi) is 4.19. The molecule has 0 radical (unpaired) electrons. The third kappa shape index (κ3) is 2.99. The number of likely N-dealkylation sites (tertiary alicyclic amines) is 1. The molecule has 1 saturated carbocycles. The molecule has 1 unspecified atom stereocenters. The number of fused-ring (bicyclic) bond motifs is 2. The number of aromatic nitrogens is 4. The van der Waals surface area contributed by atoms with E-state index in [1.807, 2.05) is 24.1 Å². The van der Waals surface area contributed by atoms with Crippen molar-refractivity contribution >= 4 is 39.4 Å². The summed E-state index contributed by atoms with van der Waals surface area (Å²) in [7, 11) is 2.12. The highest BCUT2D eigenvalue weighted by atomic mass is 32.1. The van der Waals surface area contributed by atoms with Crippen LogP contribution in [0.25, 0.3) is 11.0 Å². The molecule has 3 aromatic rings. The van der Waals surface area contributed by atoms with Crippen LogP contribution < -0.4 is 10.2 Å². The number of thiazole rings is 1. The number of rotatable bonds is 3. The van der Waals surface area contributed by atoms with Gasteiger partial charge in [0.05, 0.1) is 5.39 Å². The smallest absolute Gasteiger partial charge is 0.323 e. The number of H-pyrrole nitrogens is 1. The second-order valence-corrected chi connectivity index (χ2v) is 9.04. The number of carbonyl (C=O) groups excluding carboxylic acids is 1. The Labute approximate surface area is 167 Å². The van der Waals surface area contributed by atoms with Gasteiger partial charge in [-0.15, -0.1) is 11.3 Å². The number of aryl methyl sites for hydroxylation is 1. The minimum Gasteiger partial charge on any atom is -0.356 e. The van der Waals surface area contributed by atoms with Crippen LogP contribution in [0.4, 0.5) is 15.7 Å². The first-order chi connectivity index (χ1) is 13.6. The summed E-state index contributed by atoms with van der Waals surface area (Å²) >= 11 is 1.51. The molecule has 2 fully saturated rings. The van der Waals surface area contributed by atoms with E-state index >= 15 is 0 Å². The van der Waals surface area contributed by atoms with Crippen LogP contribution in [0.15, 0.2) is 24.8 Å². The standard InChI is InChI=1S/C19H23N7OS/c1-11-7-21-18(28-11)24-19(27)26-8-12-5-14(6-13(12)9-26)25(2)17-15-3-4-20-16(15)22-10-23-17/h3-4,7,10,12-14H,5-6,8-9H2,1-2H3,(H,20,22,23)(H,21,24,27)/t12-,13?,14+/m1/s1. The van der Waals surface area contributed by atoms with Crippen molar-refractivity contribution in [2.45, 2.75) is 25.8 Å². The molecular weight excluding hydrogens is 374 g/mol. The van der Waals surface area contributed by atoms with Gasteiger partial charge < -0.3 is 14.8 Å². The van der Waals surface area contributed by atoms with Gasteiger partial charge in [0.2, 0.25) is 0 Å². The largest absolute Gasteiger partial charge is 0.356 e. The first kappa shape index (κ1) is 17.4. The van der Waals surface area contributed by atoms with Crippen molar-refractivity contribution in [3.63, 3.8) is 0 Å². The van der Waals surface area contributed by atoms with Crippen molar-refractivity contribution in [2.24, 2.45) is 11.8 Å². The number of nitrogens with one attached hydrogen (secondary N) is 2. The van der Waals surface area contributed by atoms with Crippen LogP contribution in [-0.4, -0.2) is 57.0 Å². The molecule has 3 aromatic heterocycles. The highest BCUT2D eigenvalue weighted by Gasteiger charge is 2.44. The van der Waals surface area contributed by atoms with Gasteiger partial charge in [-0.1, -0.05) is 0 Å². The number of amides is 2. The van der Waals surface area contributed by atoms with E-state index in [2.05, 4.69) is 37.2 Å². The van der Waals surface area contributed by atoms with Gasteiger partial charge >= 0.3 is 6.03 Å². The van der Waals surface area contributed by atoms with E-state index in [0.717, 1.165) is 47.7 Å². The van der Waals surface area contributed by atoms with Crippen molar-refractivity contribution in [2.75, 3.05) is 30.4 Å². The molecule has 2 N–H and O–H groups in total. The minimum atomic E-state index is -0.0292. The summed E-state index contributed by atoms with van der Waals surface area (Å²) in [6.07, 6.45) is 7.47. The van der Waals surface area contributed by atoms with Crippen LogP contribution in [0, 0.1) is 18.8 Å². The zero-order valence-corrected chi connectivity index (χ0v) is 16.7. The molecule has 3 atom stereocenters. The van der Waals surface area contributed by atoms with Gasteiger partial charge in [0.1, 0.15) is 17.8 Å². The predicted molar refractivity (Wildman–Crippen MR) is 110 cm³/mol. The number of hydrogen-bond donors (Lipinski definition) is 2. The fraction of sp³-hybridized carbons (Fsp3) is 0.474. The summed E-state index contributed by atoms with van der Waals surface area (Å²) < 4.78 is 0. The topological polar surface area (TPSA) is 90.0 Å². The van der Waals surface area contributed by atoms with E-state index in [4.69, 9.17) is 0 Å². The van der Waals surface area contributed by atoms with Gasteiger partial charge in [-0.2, -0.15) is 0 Å². The van der Waals surface area contributed by atoms with Crippen molar-refractivity contribution in [3.05, 3.63) is 29.7 Å². The molecule has 2 amide bonds. The molecule has 4 heterocycles. The monoisotopic (exact) mass is 397 g/mol. The Morgan fingerprint density at radius 3 is 2.79 bits per heavy atom. The van der Waals surface area contributed by atoms with Gasteiger partial charge in [0.15, 0.2) is 5.13 Å². The summed E-state index contributed by atoms with van der Waals surface area (Å²) in [5.41, 5.74) is 0.871. The van der Waals surface area contributed by atoms with E-state index in [-0.39, 0.29) is 6.03 Å². The van der Waals surface area contributed by atoms with Gasteiger partial charge in [0, 0.05) is 43.4 Å². The van der Waals surface area contributed by atoms with Crippen molar-refractivity contribution in [1.82, 2.24) is 24.8 Å². The van der Waals surface area contributed by atoms with Crippen LogP contribution in [0.3, 0.4) is 0 Å². The maximum absolute atomic E-state index is 12.6. The summed E-state index contributed by atoms with van der Waals surface area (Å²) in [5, 5.41) is 4.67. The minimum absolute atomic E-state index is 0.0292. The van der Waals surface area contributed by atoms with Gasteiger partial charge in [-0.3, -0.25) is 5.32 Å². The zero-order chi connectivity index (χ0) is 19.3. The lowest BCUT2D eigenvalue weighted by Crippen LogP contribution is -2.36. The van der Waals surface area contributed by atoms with Gasteiger partial charge in [0.25, 0.3) is 0 Å². The van der Waals surface area contributed by atoms with E-state index in [0.29, 0.717) is 23.0 Å². The summed E-state index contributed by atoms with van der Waals surface area (Å²) in [6, 6.07) is 2.44. The molecular formula is C19H23N7OS. The maximum atomic E-state index is 12.6. The molecule has 28 heavy (non-hydrogen) atoms. The number of carbonyl (C=O) groups is 1. The quantitative estimate of drug-likeness (QED) is 0.709. The summed E-state index contributed by atoms with van der Waals surface area (Å²) in [6.45, 7) is 3.62. The Bertz CT molecular complexity index is 1000. The number of nitrogens with zero attached hydrogens (tertiary/aromatic N) is 5. The molecule has 5 rings (SSSR count). The van der Waals surface area contributed by atoms with Crippen LogP contribution >= 0.6 is 11.3 Å². The second kappa shape index (κ2) is 6.73. The molecule has 146 valence electrons. The Morgan fingerprint density at radius 2 is 2.07 bits per heavy atom. The molecule has 1 aliphatic carbocycles. The normalized spacial score (nSPS) is 23.9. The predicted octanol–water partition coefficient (Wildman–Crippen LogP) is 3.10. The van der Waals surface area contributed by atoms with Crippen LogP contribution in [0.2, 0.25) is 0 Å². The molecule has 8 nitrogen and oxygen atoms in total. The highest BCUT2D eigenvalue weighted by Crippen LogP contribution is 2.41. The molecule has 0 aromatic carbocycles. The van der Waals surface area contributed by atoms with E-state index in [1.165, 1.54) is 11.3 Å². The number of hydrogen-bond acceptors (Lipinski definition) is 6. The van der Waals surface area contributed by atoms with Gasteiger partial charge in [-0.25, -0.2) is 19.7 Å². The lowest BCUT2D eigenvalue weighted by Gasteiger charge is -2.28. The molecule has 9 heteroatoms. The Balaban J connectivity index is 1.23. The third-order valence-corrected chi connectivity index (χ3v) is 6.89. The Morgan fingerprint density at radius 1 is 1.29 bits per heavy atom. The van der Waals surface area contributed by atoms with E-state index in [1.54, 1.807) is 12.5 Å². The average Bonchev–Trinajstić information content (AvgIpc) is 3.43. The van der Waals surface area contributed by atoms with Crippen molar-refractivity contribution < 1.29 is 4.79 Å². The number of aromatic amines is 1. The second-order valence-electron chi connectivity index (χ2n) is 7.80. The first-order valence-electron chi connectivity index (χ1n) is 9.58. The van der Waals surface area contributed by atoms with Gasteiger partial charge in [-0.05, 0) is 37.7 Å². The fourth-order valence-electron chi connectivity index (χ4n) is 4.65. The van der Waals surface area contributed by atoms with E-state index < -0.39 is 0 Å². The molecule has 1 aliphatic heterocycles. The molecule has 0 spiro atoms. The van der Waals surface area contributed by atoms with Crippen LogP contribution in [-0.2, 0) is 0 Å². The third-order valence-electron chi connectivity index (χ3n) is 6.06. The van der Waals surface area contributed by atoms with Crippen molar-refractivity contribution in [3.8, 4) is 0 Å². The van der Waals surface area contributed by atoms with Crippen LogP contribution in [0.5, 0.6) is 0 Å². The molecule has 1 saturated heterocycles. The first-order valence-corrected chi connectivity index (χ1v) is 10.4. The maximum Gasteiger partial charge on any atom is 0.323 e. The number of urea groups is 1. The van der Waals surface area contributed by atoms with Crippen LogP contribution in [0.1, 0.15) is 17.7 Å². The summed E-state index contributed by atoms with van der Waals surface area (Å²) in [5.74, 6) is 2.06. The fourth-order valence-corrected chi connectivity index (χ4v) is 5.30. The lowest BCUT2D eigenvalue weighted by atomic mass is 10.0. The molecule has 2 aliphatic rings. The Hall–Kier alpha value is -2.68. The highest BCUT2D eigenvalue weighted by molar-refractivity contribution is 7.15. The number of anilines is 2. The van der Waals surface area contributed by atoms with Crippen molar-refractivity contribution in [1.29, 1.82) is 0 Å². The van der Waals surface area contributed by atoms with E-state index in [9.17, 15) is 4.79 Å². The SMILES string of the molecule is Cc1cnc(NC(=O)N2CC3C[C@@H](N(C)c4ncnc5[nH]ccc45)C[C@@H]3C2)s1.